The molecule has 3 aromatic carbocycles. The highest BCUT2D eigenvalue weighted by molar-refractivity contribution is 9.10. The summed E-state index contributed by atoms with van der Waals surface area (Å²) in [5, 5.41) is 10.9. The van der Waals surface area contributed by atoms with E-state index in [1.807, 2.05) is 36.4 Å². The van der Waals surface area contributed by atoms with Crippen LogP contribution in [-0.4, -0.2) is 30.8 Å². The van der Waals surface area contributed by atoms with Crippen LogP contribution in [0.2, 0.25) is 0 Å². The minimum Gasteiger partial charge on any atom is -0.307 e. The van der Waals surface area contributed by atoms with Gasteiger partial charge in [0.05, 0.1) is 28.5 Å². The molecule has 2 aromatic heterocycles. The standard InChI is InChI=1S/C31H31BrN8O4/c1-18-24(33-30(43)35-26-19(2)37(4)39(28(26)41)21-12-8-6-9-13-21)17-16-23(32)25(18)34-31(44)36-27-20(3)38(5)40(29(27)42)22-14-10-7-11-15-22/h6-17H,1-5H3,(H2,33,35,43)(H2,34,36,44). The Labute approximate surface area is 261 Å². The molecule has 13 heteroatoms. The SMILES string of the molecule is Cc1c(NC(=O)Nc2c(C)n(C)n(-c3ccccc3)c2=O)ccc(Br)c1NC(=O)Nc1c(C)n(C)n(-c2ccccc2)c1=O. The van der Waals surface area contributed by atoms with Gasteiger partial charge in [-0.1, -0.05) is 36.4 Å². The lowest BCUT2D eigenvalue weighted by atomic mass is 10.1. The Morgan fingerprint density at radius 3 is 1.45 bits per heavy atom. The predicted octanol–water partition coefficient (Wildman–Crippen LogP) is 5.64. The van der Waals surface area contributed by atoms with E-state index in [2.05, 4.69) is 37.2 Å². The first-order valence-corrected chi connectivity index (χ1v) is 14.4. The third-order valence-corrected chi connectivity index (χ3v) is 8.15. The number of para-hydroxylation sites is 2. The molecule has 4 amide bonds. The van der Waals surface area contributed by atoms with E-state index in [0.717, 1.165) is 0 Å². The molecule has 0 aliphatic rings. The minimum absolute atomic E-state index is 0.135. The monoisotopic (exact) mass is 658 g/mol. The largest absolute Gasteiger partial charge is 0.323 e. The zero-order chi connectivity index (χ0) is 31.7. The summed E-state index contributed by atoms with van der Waals surface area (Å²) in [5.74, 6) is 0. The second kappa shape index (κ2) is 12.1. The summed E-state index contributed by atoms with van der Waals surface area (Å²) < 4.78 is 6.84. The lowest BCUT2D eigenvalue weighted by Crippen LogP contribution is -2.27. The number of aromatic nitrogens is 4. The minimum atomic E-state index is -0.636. The summed E-state index contributed by atoms with van der Waals surface area (Å²) >= 11 is 3.45. The summed E-state index contributed by atoms with van der Waals surface area (Å²) in [5.41, 5.74) is 3.33. The molecular formula is C31H31BrN8O4. The summed E-state index contributed by atoms with van der Waals surface area (Å²) in [4.78, 5) is 52.6. The number of anilines is 4. The number of nitrogens with zero attached hydrogens (tertiary/aromatic N) is 4. The second-order valence-corrected chi connectivity index (χ2v) is 11.0. The lowest BCUT2D eigenvalue weighted by Gasteiger charge is -2.16. The molecule has 0 saturated carbocycles. The molecule has 5 aromatic rings. The molecule has 0 bridgehead atoms. The Balaban J connectivity index is 1.34. The molecule has 0 atom stereocenters. The van der Waals surface area contributed by atoms with E-state index in [9.17, 15) is 19.2 Å². The van der Waals surface area contributed by atoms with Crippen molar-refractivity contribution in [3.63, 3.8) is 0 Å². The number of benzene rings is 3. The Hall–Kier alpha value is -5.30. The molecule has 0 spiro atoms. The smallest absolute Gasteiger partial charge is 0.307 e. The second-order valence-electron chi connectivity index (χ2n) is 10.1. The van der Waals surface area contributed by atoms with Crippen molar-refractivity contribution in [1.82, 2.24) is 18.7 Å². The van der Waals surface area contributed by atoms with Crippen LogP contribution < -0.4 is 32.4 Å². The summed E-state index contributed by atoms with van der Waals surface area (Å²) in [6.07, 6.45) is 0. The van der Waals surface area contributed by atoms with Gasteiger partial charge in [-0.25, -0.2) is 19.0 Å². The average Bonchev–Trinajstić information content (AvgIpc) is 3.35. The van der Waals surface area contributed by atoms with Crippen molar-refractivity contribution in [2.45, 2.75) is 20.8 Å². The zero-order valence-corrected chi connectivity index (χ0v) is 26.3. The highest BCUT2D eigenvalue weighted by atomic mass is 79.9. The van der Waals surface area contributed by atoms with Crippen LogP contribution in [0.25, 0.3) is 11.4 Å². The molecular weight excluding hydrogens is 628 g/mol. The molecule has 2 heterocycles. The zero-order valence-electron chi connectivity index (χ0n) is 24.7. The fourth-order valence-electron chi connectivity index (χ4n) is 4.92. The van der Waals surface area contributed by atoms with E-state index >= 15 is 0 Å². The molecule has 0 radical (unpaired) electrons. The van der Waals surface area contributed by atoms with Gasteiger partial charge in [0.1, 0.15) is 11.4 Å². The maximum Gasteiger partial charge on any atom is 0.323 e. The van der Waals surface area contributed by atoms with Crippen molar-refractivity contribution < 1.29 is 9.59 Å². The van der Waals surface area contributed by atoms with E-state index in [1.54, 1.807) is 80.6 Å². The van der Waals surface area contributed by atoms with Gasteiger partial charge in [-0.2, -0.15) is 0 Å². The Kier molecular flexibility index (Phi) is 8.32. The van der Waals surface area contributed by atoms with E-state index in [4.69, 9.17) is 0 Å². The Morgan fingerprint density at radius 1 is 0.591 bits per heavy atom. The quantitative estimate of drug-likeness (QED) is 0.188. The lowest BCUT2D eigenvalue weighted by molar-refractivity contribution is 0.261. The van der Waals surface area contributed by atoms with Crippen molar-refractivity contribution in [1.29, 1.82) is 0 Å². The number of nitrogens with one attached hydrogen (secondary N) is 4. The molecule has 0 unspecified atom stereocenters. The van der Waals surface area contributed by atoms with Crippen LogP contribution in [0.15, 0.2) is 86.9 Å². The third kappa shape index (κ3) is 5.56. The first kappa shape index (κ1) is 30.2. The van der Waals surface area contributed by atoms with E-state index in [1.165, 1.54) is 9.36 Å². The van der Waals surface area contributed by atoms with Crippen molar-refractivity contribution in [2.75, 3.05) is 21.3 Å². The summed E-state index contributed by atoms with van der Waals surface area (Å²) in [6, 6.07) is 20.3. The number of amides is 4. The number of carbonyl (C=O) groups is 2. The first-order chi connectivity index (χ1) is 21.0. The topological polar surface area (TPSA) is 136 Å². The van der Waals surface area contributed by atoms with Gasteiger partial charge in [-0.15, -0.1) is 0 Å². The number of carbonyl (C=O) groups excluding carboxylic acids is 2. The number of rotatable bonds is 6. The molecule has 0 aliphatic heterocycles. The van der Waals surface area contributed by atoms with Crippen molar-refractivity contribution in [3.8, 4) is 11.4 Å². The molecule has 0 aliphatic carbocycles. The van der Waals surface area contributed by atoms with Gasteiger partial charge in [-0.3, -0.25) is 19.0 Å². The van der Waals surface area contributed by atoms with Gasteiger partial charge in [0.2, 0.25) is 0 Å². The predicted molar refractivity (Wildman–Crippen MR) is 176 cm³/mol. The number of hydrogen-bond acceptors (Lipinski definition) is 4. The molecule has 0 saturated heterocycles. The molecule has 226 valence electrons. The maximum absolute atomic E-state index is 13.2. The fourth-order valence-corrected chi connectivity index (χ4v) is 5.45. The van der Waals surface area contributed by atoms with Crippen LogP contribution in [0.5, 0.6) is 0 Å². The van der Waals surface area contributed by atoms with Crippen LogP contribution in [0, 0.1) is 20.8 Å². The molecule has 0 fully saturated rings. The molecule has 44 heavy (non-hydrogen) atoms. The maximum atomic E-state index is 13.2. The van der Waals surface area contributed by atoms with Crippen LogP contribution in [0.1, 0.15) is 17.0 Å². The van der Waals surface area contributed by atoms with Gasteiger partial charge >= 0.3 is 12.1 Å². The van der Waals surface area contributed by atoms with Crippen LogP contribution in [-0.2, 0) is 14.1 Å². The van der Waals surface area contributed by atoms with E-state index in [0.29, 0.717) is 44.2 Å². The number of halogens is 1. The van der Waals surface area contributed by atoms with Gasteiger partial charge in [0, 0.05) is 24.3 Å². The molecule has 5 rings (SSSR count). The normalized spacial score (nSPS) is 10.9. The summed E-state index contributed by atoms with van der Waals surface area (Å²) in [7, 11) is 3.48. The number of hydrogen-bond donors (Lipinski definition) is 4. The third-order valence-electron chi connectivity index (χ3n) is 7.49. The van der Waals surface area contributed by atoms with E-state index in [-0.39, 0.29) is 22.5 Å². The highest BCUT2D eigenvalue weighted by Crippen LogP contribution is 2.32. The summed E-state index contributed by atoms with van der Waals surface area (Å²) in [6.45, 7) is 5.21. The van der Waals surface area contributed by atoms with E-state index < -0.39 is 12.1 Å². The average molecular weight is 660 g/mol. The van der Waals surface area contributed by atoms with Crippen LogP contribution in [0.3, 0.4) is 0 Å². The Bertz CT molecular complexity index is 2010. The van der Waals surface area contributed by atoms with Gasteiger partial charge < -0.3 is 21.3 Å². The van der Waals surface area contributed by atoms with Crippen LogP contribution >= 0.6 is 15.9 Å². The highest BCUT2D eigenvalue weighted by Gasteiger charge is 2.21. The first-order valence-electron chi connectivity index (χ1n) is 13.6. The Morgan fingerprint density at radius 2 is 1.00 bits per heavy atom. The van der Waals surface area contributed by atoms with Gasteiger partial charge in [0.15, 0.2) is 0 Å². The van der Waals surface area contributed by atoms with Gasteiger partial charge in [0.25, 0.3) is 11.1 Å². The molecule has 12 nitrogen and oxygen atoms in total. The number of urea groups is 2. The van der Waals surface area contributed by atoms with Crippen LogP contribution in [0.4, 0.5) is 32.3 Å². The van der Waals surface area contributed by atoms with Crippen molar-refractivity contribution >= 4 is 50.7 Å². The van der Waals surface area contributed by atoms with Gasteiger partial charge in [-0.05, 0) is 78.7 Å². The van der Waals surface area contributed by atoms with Crippen molar-refractivity contribution in [2.24, 2.45) is 14.1 Å². The molecule has 4 N–H and O–H groups in total. The van der Waals surface area contributed by atoms with Crippen molar-refractivity contribution in [3.05, 3.63) is 115 Å². The fraction of sp³-hybridized carbons (Fsp3) is 0.161.